The van der Waals surface area contributed by atoms with Crippen LogP contribution in [-0.4, -0.2) is 16.1 Å². The van der Waals surface area contributed by atoms with E-state index >= 15 is 0 Å². The number of pyridine rings is 1. The number of carbonyl (C=O) groups is 1. The van der Waals surface area contributed by atoms with Gasteiger partial charge in [0, 0.05) is 10.7 Å². The largest absolute Gasteiger partial charge is 0.478 e. The first-order chi connectivity index (χ1) is 8.09. The van der Waals surface area contributed by atoms with Gasteiger partial charge in [0.05, 0.1) is 5.56 Å². The number of rotatable bonds is 1. The Labute approximate surface area is 107 Å². The maximum absolute atomic E-state index is 10.2. The summed E-state index contributed by atoms with van der Waals surface area (Å²) in [7, 11) is 0. The van der Waals surface area contributed by atoms with Gasteiger partial charge in [-0.3, -0.25) is 0 Å². The Bertz CT molecular complexity index is 451. The molecule has 88 valence electrons. The van der Waals surface area contributed by atoms with Crippen LogP contribution in [0.2, 0.25) is 0 Å². The number of nitrogens with zero attached hydrogens (tertiary/aromatic N) is 1. The van der Waals surface area contributed by atoms with Crippen LogP contribution in [0.3, 0.4) is 0 Å². The number of aromatic carboxylic acids is 1. The number of nitrogen functional groups attached to an aromatic ring is 1. The number of anilines is 1. The molecule has 1 aromatic heterocycles. The van der Waals surface area contributed by atoms with Gasteiger partial charge in [0.15, 0.2) is 0 Å². The molecule has 0 fully saturated rings. The minimum atomic E-state index is -0.879. The molecule has 17 heavy (non-hydrogen) atoms. The van der Waals surface area contributed by atoms with Gasteiger partial charge in [0.25, 0.3) is 0 Å². The van der Waals surface area contributed by atoms with Crippen LogP contribution in [0.25, 0.3) is 0 Å². The van der Waals surface area contributed by atoms with Crippen molar-refractivity contribution in [1.82, 2.24) is 4.98 Å². The molecule has 0 radical (unpaired) electrons. The van der Waals surface area contributed by atoms with Crippen molar-refractivity contribution < 1.29 is 9.90 Å². The third-order valence-electron chi connectivity index (χ3n) is 1.77. The van der Waals surface area contributed by atoms with Crippen molar-refractivity contribution in [3.63, 3.8) is 0 Å². The molecule has 0 aliphatic heterocycles. The monoisotopic (exact) mass is 294 g/mol. The first-order valence-electron chi connectivity index (χ1n) is 4.75. The van der Waals surface area contributed by atoms with Gasteiger partial charge in [-0.15, -0.1) is 0 Å². The number of nitrogens with two attached hydrogens (primary N) is 1. The van der Waals surface area contributed by atoms with Crippen molar-refractivity contribution in [3.05, 3.63) is 58.7 Å². The maximum atomic E-state index is 10.2. The van der Waals surface area contributed by atoms with E-state index in [4.69, 9.17) is 10.8 Å². The third kappa shape index (κ3) is 5.12. The number of hydrogen-bond donors (Lipinski definition) is 2. The lowest BCUT2D eigenvalue weighted by Gasteiger charge is -1.88. The molecule has 0 saturated heterocycles. The third-order valence-corrected chi connectivity index (χ3v) is 2.24. The van der Waals surface area contributed by atoms with Crippen molar-refractivity contribution in [2.45, 2.75) is 0 Å². The highest BCUT2D eigenvalue weighted by atomic mass is 79.9. The molecule has 0 amide bonds. The zero-order valence-electron chi connectivity index (χ0n) is 8.88. The lowest BCUT2D eigenvalue weighted by atomic mass is 10.2. The first kappa shape index (κ1) is 13.2. The number of carboxylic acids is 1. The van der Waals surface area contributed by atoms with E-state index in [1.807, 2.05) is 6.07 Å². The van der Waals surface area contributed by atoms with Crippen LogP contribution in [0.5, 0.6) is 0 Å². The molecule has 0 saturated carbocycles. The summed E-state index contributed by atoms with van der Waals surface area (Å²) < 4.78 is 0.951. The first-order valence-corrected chi connectivity index (χ1v) is 5.54. The van der Waals surface area contributed by atoms with Gasteiger partial charge >= 0.3 is 5.97 Å². The molecule has 0 atom stereocenters. The number of hydrogen-bond acceptors (Lipinski definition) is 3. The normalized spacial score (nSPS) is 9.00. The molecule has 2 rings (SSSR count). The van der Waals surface area contributed by atoms with Crippen LogP contribution >= 0.6 is 15.9 Å². The fourth-order valence-electron chi connectivity index (χ4n) is 0.968. The minimum Gasteiger partial charge on any atom is -0.478 e. The molecule has 0 unspecified atom stereocenters. The lowest BCUT2D eigenvalue weighted by Crippen LogP contribution is -1.93. The quantitative estimate of drug-likeness (QED) is 0.848. The summed E-state index contributed by atoms with van der Waals surface area (Å²) in [5, 5.41) is 8.38. The van der Waals surface area contributed by atoms with Crippen LogP contribution in [0.1, 0.15) is 10.4 Å². The molecule has 5 heteroatoms. The number of halogens is 1. The summed E-state index contributed by atoms with van der Waals surface area (Å²) in [5.41, 5.74) is 5.63. The highest BCUT2D eigenvalue weighted by Crippen LogP contribution is 2.07. The molecule has 4 nitrogen and oxygen atoms in total. The van der Waals surface area contributed by atoms with Gasteiger partial charge in [-0.1, -0.05) is 18.2 Å². The Morgan fingerprint density at radius 2 is 1.82 bits per heavy atom. The molecular weight excluding hydrogens is 284 g/mol. The van der Waals surface area contributed by atoms with E-state index in [0.717, 1.165) is 4.47 Å². The number of carboxylic acid groups (broad SMARTS) is 1. The van der Waals surface area contributed by atoms with Crippen molar-refractivity contribution >= 4 is 27.7 Å². The summed E-state index contributed by atoms with van der Waals surface area (Å²) in [4.78, 5) is 14.0. The Morgan fingerprint density at radius 1 is 1.18 bits per heavy atom. The van der Waals surface area contributed by atoms with Crippen molar-refractivity contribution in [2.24, 2.45) is 0 Å². The smallest absolute Gasteiger partial charge is 0.335 e. The molecule has 1 heterocycles. The Balaban J connectivity index is 0.000000171. The van der Waals surface area contributed by atoms with Crippen molar-refractivity contribution in [2.75, 3.05) is 5.73 Å². The van der Waals surface area contributed by atoms with Crippen LogP contribution in [-0.2, 0) is 0 Å². The predicted octanol–water partition coefficient (Wildman–Crippen LogP) is 2.81. The summed E-state index contributed by atoms with van der Waals surface area (Å²) in [6.07, 6.45) is 1.66. The molecule has 1 aromatic carbocycles. The summed E-state index contributed by atoms with van der Waals surface area (Å²) in [5.74, 6) is -0.330. The van der Waals surface area contributed by atoms with Crippen molar-refractivity contribution in [1.29, 1.82) is 0 Å². The summed E-state index contributed by atoms with van der Waals surface area (Å²) in [6.45, 7) is 0. The van der Waals surface area contributed by atoms with Gasteiger partial charge in [-0.05, 0) is 40.2 Å². The zero-order chi connectivity index (χ0) is 12.7. The molecule has 3 N–H and O–H groups in total. The molecule has 0 bridgehead atoms. The van der Waals surface area contributed by atoms with E-state index in [9.17, 15) is 4.79 Å². The van der Waals surface area contributed by atoms with E-state index in [1.165, 1.54) is 0 Å². The van der Waals surface area contributed by atoms with Crippen LogP contribution in [0.15, 0.2) is 53.1 Å². The van der Waals surface area contributed by atoms with Gasteiger partial charge in [0.2, 0.25) is 0 Å². The van der Waals surface area contributed by atoms with Crippen LogP contribution < -0.4 is 5.73 Å². The van der Waals surface area contributed by atoms with Crippen LogP contribution in [0.4, 0.5) is 5.82 Å². The van der Waals surface area contributed by atoms with E-state index in [1.54, 1.807) is 42.6 Å². The average Bonchev–Trinajstić information content (AvgIpc) is 2.35. The molecule has 2 aromatic rings. The van der Waals surface area contributed by atoms with Gasteiger partial charge < -0.3 is 10.8 Å². The minimum absolute atomic E-state index is 0.331. The van der Waals surface area contributed by atoms with Gasteiger partial charge in [0.1, 0.15) is 5.82 Å². The summed E-state index contributed by atoms with van der Waals surface area (Å²) in [6, 6.07) is 11.9. The average molecular weight is 295 g/mol. The van der Waals surface area contributed by atoms with E-state index < -0.39 is 5.97 Å². The second kappa shape index (κ2) is 6.65. The van der Waals surface area contributed by atoms with Crippen molar-refractivity contribution in [3.8, 4) is 0 Å². The second-order valence-corrected chi connectivity index (χ2v) is 3.99. The number of benzene rings is 1. The topological polar surface area (TPSA) is 76.2 Å². The fraction of sp³-hybridized carbons (Fsp3) is 0. The zero-order valence-corrected chi connectivity index (χ0v) is 10.5. The Hall–Kier alpha value is -1.88. The summed E-state index contributed by atoms with van der Waals surface area (Å²) >= 11 is 3.23. The molecule has 0 spiro atoms. The maximum Gasteiger partial charge on any atom is 0.335 e. The SMILES string of the molecule is Nc1ccc(Br)cn1.O=C(O)c1ccccc1. The lowest BCUT2D eigenvalue weighted by molar-refractivity contribution is 0.0697. The van der Waals surface area contributed by atoms with E-state index in [-0.39, 0.29) is 0 Å². The molecular formula is C12H11BrN2O2. The second-order valence-electron chi connectivity index (χ2n) is 3.07. The van der Waals surface area contributed by atoms with E-state index in [0.29, 0.717) is 11.4 Å². The van der Waals surface area contributed by atoms with Gasteiger partial charge in [-0.25, -0.2) is 9.78 Å². The van der Waals surface area contributed by atoms with Crippen LogP contribution in [0, 0.1) is 0 Å². The molecule has 0 aliphatic carbocycles. The predicted molar refractivity (Wildman–Crippen MR) is 69.8 cm³/mol. The number of aromatic nitrogens is 1. The Kier molecular flexibility index (Phi) is 5.16. The van der Waals surface area contributed by atoms with E-state index in [2.05, 4.69) is 20.9 Å². The highest BCUT2D eigenvalue weighted by molar-refractivity contribution is 9.10. The molecule has 0 aliphatic rings. The van der Waals surface area contributed by atoms with Gasteiger partial charge in [-0.2, -0.15) is 0 Å². The fourth-order valence-corrected chi connectivity index (χ4v) is 1.20. The standard InChI is InChI=1S/C7H6O2.C5H5BrN2/c8-7(9)6-4-2-1-3-5-6;6-4-1-2-5(7)8-3-4/h1-5H,(H,8,9);1-3H,(H2,7,8). The Morgan fingerprint density at radius 3 is 2.18 bits per heavy atom. The highest BCUT2D eigenvalue weighted by Gasteiger charge is 1.96.